The third kappa shape index (κ3) is 5.80. The maximum Gasteiger partial charge on any atom is 0.171 e. The second-order valence-corrected chi connectivity index (χ2v) is 5.86. The van der Waals surface area contributed by atoms with E-state index in [4.69, 9.17) is 21.7 Å². The zero-order valence-electron chi connectivity index (χ0n) is 14.6. The Morgan fingerprint density at radius 3 is 2.32 bits per heavy atom. The molecular formula is C20H24N2O2S. The van der Waals surface area contributed by atoms with Gasteiger partial charge in [-0.15, -0.1) is 0 Å². The van der Waals surface area contributed by atoms with Crippen molar-refractivity contribution >= 4 is 23.0 Å². The average Bonchev–Trinajstić information content (AvgIpc) is 2.65. The molecule has 2 aromatic carbocycles. The molecule has 0 aliphatic rings. The van der Waals surface area contributed by atoms with Gasteiger partial charge in [0.15, 0.2) is 5.11 Å². The van der Waals surface area contributed by atoms with Crippen molar-refractivity contribution in [2.45, 2.75) is 19.4 Å². The molecule has 2 rings (SSSR count). The maximum atomic E-state index is 5.47. The highest BCUT2D eigenvalue weighted by Crippen LogP contribution is 2.21. The van der Waals surface area contributed by atoms with Gasteiger partial charge in [-0.25, -0.2) is 0 Å². The minimum absolute atomic E-state index is 0.140. The molecule has 0 radical (unpaired) electrons. The van der Waals surface area contributed by atoms with Crippen LogP contribution in [-0.4, -0.2) is 18.8 Å². The van der Waals surface area contributed by atoms with Crippen molar-refractivity contribution in [2.24, 2.45) is 0 Å². The van der Waals surface area contributed by atoms with Crippen LogP contribution in [0.3, 0.4) is 0 Å². The summed E-state index contributed by atoms with van der Waals surface area (Å²) < 4.78 is 10.7. The summed E-state index contributed by atoms with van der Waals surface area (Å²) in [7, 11) is 1.66. The Morgan fingerprint density at radius 2 is 1.76 bits per heavy atom. The number of rotatable bonds is 8. The predicted octanol–water partition coefficient (Wildman–Crippen LogP) is 4.70. The molecule has 0 aliphatic heterocycles. The van der Waals surface area contributed by atoms with Gasteiger partial charge in [0.25, 0.3) is 0 Å². The Bertz CT molecular complexity index is 684. The topological polar surface area (TPSA) is 42.5 Å². The van der Waals surface area contributed by atoms with Gasteiger partial charge in [-0.1, -0.05) is 31.7 Å². The number of thiocarbonyl (C=S) groups is 1. The second kappa shape index (κ2) is 9.69. The number of nitrogens with one attached hydrogen (secondary N) is 2. The molecule has 0 bridgehead atoms. The van der Waals surface area contributed by atoms with E-state index in [0.717, 1.165) is 23.6 Å². The van der Waals surface area contributed by atoms with Gasteiger partial charge in [0.1, 0.15) is 18.1 Å². The molecule has 2 aromatic rings. The number of methoxy groups -OCH3 is 1. The minimum atomic E-state index is 0.140. The SMILES string of the molecule is C=CCOc1ccc(NC(=S)N[C@H](CC)c2ccc(OC)cc2)cc1. The highest BCUT2D eigenvalue weighted by Gasteiger charge is 2.11. The lowest BCUT2D eigenvalue weighted by atomic mass is 10.0. The molecule has 0 amide bonds. The first-order valence-corrected chi connectivity index (χ1v) is 8.62. The molecule has 1 atom stereocenters. The van der Waals surface area contributed by atoms with E-state index in [-0.39, 0.29) is 6.04 Å². The largest absolute Gasteiger partial charge is 0.497 e. The maximum absolute atomic E-state index is 5.47. The van der Waals surface area contributed by atoms with Crippen LogP contribution in [0.1, 0.15) is 24.9 Å². The van der Waals surface area contributed by atoms with Gasteiger partial charge in [-0.2, -0.15) is 0 Å². The molecule has 0 aliphatic carbocycles. The molecule has 5 heteroatoms. The van der Waals surface area contributed by atoms with E-state index in [1.807, 2.05) is 48.5 Å². The predicted molar refractivity (Wildman–Crippen MR) is 108 cm³/mol. The Hall–Kier alpha value is -2.53. The lowest BCUT2D eigenvalue weighted by Gasteiger charge is -2.20. The van der Waals surface area contributed by atoms with Gasteiger partial charge in [0.05, 0.1) is 13.2 Å². The summed E-state index contributed by atoms with van der Waals surface area (Å²) in [4.78, 5) is 0. The Kier molecular flexibility index (Phi) is 7.29. The fourth-order valence-electron chi connectivity index (χ4n) is 2.37. The Morgan fingerprint density at radius 1 is 1.12 bits per heavy atom. The first kappa shape index (κ1) is 18.8. The van der Waals surface area contributed by atoms with Crippen LogP contribution < -0.4 is 20.1 Å². The lowest BCUT2D eigenvalue weighted by Crippen LogP contribution is -2.32. The van der Waals surface area contributed by atoms with Crippen LogP contribution in [0.4, 0.5) is 5.69 Å². The van der Waals surface area contributed by atoms with Gasteiger partial charge in [0, 0.05) is 5.69 Å². The second-order valence-electron chi connectivity index (χ2n) is 5.46. The summed E-state index contributed by atoms with van der Waals surface area (Å²) in [5, 5.41) is 7.14. The highest BCUT2D eigenvalue weighted by atomic mass is 32.1. The van der Waals surface area contributed by atoms with Gasteiger partial charge >= 0.3 is 0 Å². The first-order chi connectivity index (χ1) is 12.2. The highest BCUT2D eigenvalue weighted by molar-refractivity contribution is 7.80. The molecule has 0 saturated carbocycles. The van der Waals surface area contributed by atoms with E-state index < -0.39 is 0 Å². The summed E-state index contributed by atoms with van der Waals surface area (Å²) >= 11 is 5.44. The minimum Gasteiger partial charge on any atom is -0.497 e. The van der Waals surface area contributed by atoms with Crippen molar-refractivity contribution in [1.29, 1.82) is 0 Å². The normalized spacial score (nSPS) is 11.3. The molecular weight excluding hydrogens is 332 g/mol. The smallest absolute Gasteiger partial charge is 0.171 e. The van der Waals surface area contributed by atoms with Crippen LogP contribution in [0.15, 0.2) is 61.2 Å². The average molecular weight is 356 g/mol. The molecule has 132 valence electrons. The van der Waals surface area contributed by atoms with Crippen LogP contribution in [0.2, 0.25) is 0 Å². The van der Waals surface area contributed by atoms with E-state index in [2.05, 4.69) is 24.1 Å². The molecule has 25 heavy (non-hydrogen) atoms. The van der Waals surface area contributed by atoms with Crippen molar-refractivity contribution in [3.63, 3.8) is 0 Å². The first-order valence-electron chi connectivity index (χ1n) is 8.21. The fraction of sp³-hybridized carbons (Fsp3) is 0.250. The number of hydrogen-bond donors (Lipinski definition) is 2. The van der Waals surface area contributed by atoms with Gasteiger partial charge in [-0.05, 0) is 60.6 Å². The quantitative estimate of drug-likeness (QED) is 0.530. The summed E-state index contributed by atoms with van der Waals surface area (Å²) in [6.07, 6.45) is 2.64. The van der Waals surface area contributed by atoms with Crippen LogP contribution in [0.5, 0.6) is 11.5 Å². The van der Waals surface area contributed by atoms with Crippen molar-refractivity contribution in [1.82, 2.24) is 5.32 Å². The molecule has 0 saturated heterocycles. The summed E-state index contributed by atoms with van der Waals surface area (Å²) in [6, 6.07) is 15.8. The molecule has 0 heterocycles. The summed E-state index contributed by atoms with van der Waals surface area (Å²) in [6.45, 7) is 6.25. The van der Waals surface area contributed by atoms with Crippen molar-refractivity contribution in [2.75, 3.05) is 19.0 Å². The van der Waals surface area contributed by atoms with Gasteiger partial charge in [0.2, 0.25) is 0 Å². The number of ether oxygens (including phenoxy) is 2. The summed E-state index contributed by atoms with van der Waals surface area (Å²) in [5.74, 6) is 1.65. The molecule has 0 unspecified atom stereocenters. The fourth-order valence-corrected chi connectivity index (χ4v) is 2.63. The third-order valence-electron chi connectivity index (χ3n) is 3.71. The van der Waals surface area contributed by atoms with Crippen LogP contribution in [0.25, 0.3) is 0 Å². The van der Waals surface area contributed by atoms with E-state index in [1.54, 1.807) is 13.2 Å². The van der Waals surface area contributed by atoms with Crippen molar-refractivity contribution in [3.05, 3.63) is 66.7 Å². The van der Waals surface area contributed by atoms with Crippen molar-refractivity contribution < 1.29 is 9.47 Å². The zero-order chi connectivity index (χ0) is 18.1. The monoisotopic (exact) mass is 356 g/mol. The Labute approximate surface area is 154 Å². The van der Waals surface area contributed by atoms with E-state index in [0.29, 0.717) is 11.7 Å². The lowest BCUT2D eigenvalue weighted by molar-refractivity contribution is 0.363. The van der Waals surface area contributed by atoms with Gasteiger partial charge < -0.3 is 20.1 Å². The number of anilines is 1. The van der Waals surface area contributed by atoms with Crippen LogP contribution >= 0.6 is 12.2 Å². The van der Waals surface area contributed by atoms with E-state index >= 15 is 0 Å². The Balaban J connectivity index is 1.93. The van der Waals surface area contributed by atoms with Gasteiger partial charge in [-0.3, -0.25) is 0 Å². The standard InChI is InChI=1S/C20H24N2O2S/c1-4-14-24-18-12-8-16(9-13-18)21-20(25)22-19(5-2)15-6-10-17(23-3)11-7-15/h4,6-13,19H,1,5,14H2,2-3H3,(H2,21,22,25)/t19-/m1/s1. The summed E-state index contributed by atoms with van der Waals surface area (Å²) in [5.41, 5.74) is 2.08. The van der Waals surface area contributed by atoms with Crippen LogP contribution in [0, 0.1) is 0 Å². The van der Waals surface area contributed by atoms with Crippen LogP contribution in [-0.2, 0) is 0 Å². The molecule has 0 spiro atoms. The molecule has 0 fully saturated rings. The molecule has 2 N–H and O–H groups in total. The number of benzene rings is 2. The third-order valence-corrected chi connectivity index (χ3v) is 3.93. The molecule has 0 aromatic heterocycles. The number of hydrogen-bond acceptors (Lipinski definition) is 3. The van der Waals surface area contributed by atoms with Crippen molar-refractivity contribution in [3.8, 4) is 11.5 Å². The van der Waals surface area contributed by atoms with E-state index in [1.165, 1.54) is 5.56 Å². The van der Waals surface area contributed by atoms with E-state index in [9.17, 15) is 0 Å². The zero-order valence-corrected chi connectivity index (χ0v) is 15.4. The molecule has 4 nitrogen and oxygen atoms in total.